The molecule has 174 valence electrons. The van der Waals surface area contributed by atoms with Crippen molar-refractivity contribution in [2.75, 3.05) is 0 Å². The van der Waals surface area contributed by atoms with Gasteiger partial charge in [-0.15, -0.1) is 0 Å². The Kier molecular flexibility index (Phi) is 12.1. The minimum absolute atomic E-state index is 0.0182. The average molecular weight is 427 g/mol. The molecule has 0 unspecified atom stereocenters. The van der Waals surface area contributed by atoms with Crippen LogP contribution in [0.4, 0.5) is 0 Å². The number of esters is 2. The molecule has 0 amide bonds. The van der Waals surface area contributed by atoms with Crippen LogP contribution in [0.3, 0.4) is 0 Å². The molecule has 0 spiro atoms. The fourth-order valence-corrected chi connectivity index (χ4v) is 3.21. The van der Waals surface area contributed by atoms with E-state index in [9.17, 15) is 19.2 Å². The van der Waals surface area contributed by atoms with Crippen LogP contribution in [0.25, 0.3) is 0 Å². The maximum Gasteiger partial charge on any atom is 0.309 e. The van der Waals surface area contributed by atoms with E-state index >= 15 is 0 Å². The van der Waals surface area contributed by atoms with E-state index in [4.69, 9.17) is 9.47 Å². The highest BCUT2D eigenvalue weighted by molar-refractivity contribution is 5.83. The number of ketones is 2. The van der Waals surface area contributed by atoms with Crippen molar-refractivity contribution >= 4 is 23.5 Å². The van der Waals surface area contributed by atoms with Crippen LogP contribution in [-0.4, -0.2) is 34.7 Å². The quantitative estimate of drug-likeness (QED) is 0.297. The maximum atomic E-state index is 12.3. The normalized spacial score (nSPS) is 14.0. The molecular weight excluding hydrogens is 384 g/mol. The molecule has 0 radical (unpaired) electrons. The van der Waals surface area contributed by atoms with E-state index in [1.807, 2.05) is 41.5 Å². The zero-order valence-electron chi connectivity index (χ0n) is 20.3. The van der Waals surface area contributed by atoms with Crippen molar-refractivity contribution in [1.29, 1.82) is 0 Å². The number of hydrogen-bond acceptors (Lipinski definition) is 6. The molecule has 6 heteroatoms. The Hall–Kier alpha value is -1.72. The second kappa shape index (κ2) is 12.9. The fraction of sp³-hybridized carbons (Fsp3) is 0.833. The Morgan fingerprint density at radius 3 is 1.13 bits per heavy atom. The number of unbranched alkanes of at least 4 members (excludes halogenated alkanes) is 3. The summed E-state index contributed by atoms with van der Waals surface area (Å²) in [5.74, 6) is -1.48. The minimum atomic E-state index is -0.570. The predicted molar refractivity (Wildman–Crippen MR) is 117 cm³/mol. The van der Waals surface area contributed by atoms with Crippen molar-refractivity contribution < 1.29 is 28.7 Å². The second-order valence-electron chi connectivity index (χ2n) is 10.3. The van der Waals surface area contributed by atoms with Gasteiger partial charge in [-0.2, -0.15) is 0 Å². The number of Topliss-reactive ketones (excluding diaryl/α,β-unsaturated/α-hetero) is 2. The second-order valence-corrected chi connectivity index (χ2v) is 10.3. The molecule has 0 bridgehead atoms. The zero-order chi connectivity index (χ0) is 23.5. The first-order chi connectivity index (χ1) is 13.6. The van der Waals surface area contributed by atoms with Gasteiger partial charge in [0.2, 0.25) is 0 Å². The zero-order valence-corrected chi connectivity index (χ0v) is 20.3. The summed E-state index contributed by atoms with van der Waals surface area (Å²) in [6.07, 6.45) is 5.01. The number of rotatable bonds is 13. The molecule has 2 atom stereocenters. The first kappa shape index (κ1) is 28.3. The van der Waals surface area contributed by atoms with Crippen LogP contribution in [0.15, 0.2) is 0 Å². The van der Waals surface area contributed by atoms with Gasteiger partial charge >= 0.3 is 11.9 Å². The number of ether oxygens (including phenoxy) is 2. The summed E-state index contributed by atoms with van der Waals surface area (Å²) in [5, 5.41) is 0. The van der Waals surface area contributed by atoms with Crippen LogP contribution >= 0.6 is 0 Å². The Labute approximate surface area is 182 Å². The topological polar surface area (TPSA) is 86.7 Å². The highest BCUT2D eigenvalue weighted by Crippen LogP contribution is 2.23. The van der Waals surface area contributed by atoms with Crippen LogP contribution in [0, 0.1) is 11.8 Å². The van der Waals surface area contributed by atoms with Crippen molar-refractivity contribution in [3.8, 4) is 0 Å². The van der Waals surface area contributed by atoms with Gasteiger partial charge < -0.3 is 19.1 Å². The Morgan fingerprint density at radius 2 is 0.900 bits per heavy atom. The number of carbonyl (C=O) groups excluding carboxylic acids is 4. The van der Waals surface area contributed by atoms with Gasteiger partial charge in [0.25, 0.3) is 0 Å². The molecule has 6 nitrogen and oxygen atoms in total. The lowest BCUT2D eigenvalue weighted by Gasteiger charge is -2.24. The van der Waals surface area contributed by atoms with E-state index in [0.717, 1.165) is 25.7 Å². The summed E-state index contributed by atoms with van der Waals surface area (Å²) in [4.78, 5) is 47.7. The summed E-state index contributed by atoms with van der Waals surface area (Å²) in [7, 11) is 0. The van der Waals surface area contributed by atoms with Crippen molar-refractivity contribution in [1.82, 2.24) is 0 Å². The molecule has 0 fully saturated rings. The third-order valence-corrected chi connectivity index (χ3v) is 4.40. The summed E-state index contributed by atoms with van der Waals surface area (Å²) in [5.41, 5.74) is -1.14. The van der Waals surface area contributed by atoms with E-state index in [0.29, 0.717) is 12.8 Å². The molecule has 0 heterocycles. The van der Waals surface area contributed by atoms with E-state index in [2.05, 4.69) is 0 Å². The smallest absolute Gasteiger partial charge is 0.309 e. The van der Waals surface area contributed by atoms with Crippen molar-refractivity contribution in [3.05, 3.63) is 0 Å². The van der Waals surface area contributed by atoms with Gasteiger partial charge in [0.05, 0.1) is 11.8 Å². The summed E-state index contributed by atoms with van der Waals surface area (Å²) < 4.78 is 10.9. The van der Waals surface area contributed by atoms with Gasteiger partial charge in [-0.25, -0.2) is 0 Å². The van der Waals surface area contributed by atoms with Gasteiger partial charge in [0, 0.05) is 12.8 Å². The first-order valence-electron chi connectivity index (χ1n) is 11.1. The molecule has 0 aliphatic rings. The Morgan fingerprint density at radius 1 is 0.600 bits per heavy atom. The van der Waals surface area contributed by atoms with Crippen LogP contribution < -0.4 is 0 Å². The predicted octanol–water partition coefficient (Wildman–Crippen LogP) is 5.20. The summed E-state index contributed by atoms with van der Waals surface area (Å²) in [6.45, 7) is 13.9. The third kappa shape index (κ3) is 15.2. The van der Waals surface area contributed by atoms with Crippen LogP contribution in [-0.2, 0) is 28.7 Å². The first-order valence-corrected chi connectivity index (χ1v) is 11.1. The highest BCUT2D eigenvalue weighted by atomic mass is 16.6. The largest absolute Gasteiger partial charge is 0.460 e. The molecule has 0 saturated carbocycles. The number of hydrogen-bond donors (Lipinski definition) is 0. The Balaban J connectivity index is 4.49. The standard InChI is InChI=1S/C24H42O6/c1-17(25)15-19(21(27)29-23(3,4)5)13-11-9-10-12-14-20(16-18(2)26)22(28)30-24(6,7)8/h19-20H,9-16H2,1-8H3/t19-,20-/m0/s1. The van der Waals surface area contributed by atoms with Gasteiger partial charge in [-0.1, -0.05) is 25.7 Å². The molecular formula is C24H42O6. The highest BCUT2D eigenvalue weighted by Gasteiger charge is 2.27. The van der Waals surface area contributed by atoms with Gasteiger partial charge in [0.15, 0.2) is 0 Å². The molecule has 0 aromatic carbocycles. The van der Waals surface area contributed by atoms with Crippen LogP contribution in [0.1, 0.15) is 107 Å². The Bertz CT molecular complexity index is 527. The van der Waals surface area contributed by atoms with E-state index in [1.54, 1.807) is 0 Å². The third-order valence-electron chi connectivity index (χ3n) is 4.40. The summed E-state index contributed by atoms with van der Waals surface area (Å²) in [6, 6.07) is 0. The molecule has 0 N–H and O–H groups in total. The molecule has 30 heavy (non-hydrogen) atoms. The summed E-state index contributed by atoms with van der Waals surface area (Å²) >= 11 is 0. The molecule has 0 aliphatic heterocycles. The van der Waals surface area contributed by atoms with Crippen molar-refractivity contribution in [2.45, 2.75) is 118 Å². The minimum Gasteiger partial charge on any atom is -0.460 e. The monoisotopic (exact) mass is 426 g/mol. The molecule has 0 aromatic rings. The SMILES string of the molecule is CC(=O)C[C@H](CCCCCC[C@@H](CC(C)=O)C(=O)OC(C)(C)C)C(=O)OC(C)(C)C. The van der Waals surface area contributed by atoms with Gasteiger partial charge in [-0.05, 0) is 68.2 Å². The van der Waals surface area contributed by atoms with Gasteiger partial charge in [0.1, 0.15) is 22.8 Å². The van der Waals surface area contributed by atoms with E-state index in [-0.39, 0.29) is 36.3 Å². The maximum absolute atomic E-state index is 12.3. The average Bonchev–Trinajstić information content (AvgIpc) is 2.51. The molecule has 0 rings (SSSR count). The fourth-order valence-electron chi connectivity index (χ4n) is 3.21. The number of carbonyl (C=O) groups is 4. The van der Waals surface area contributed by atoms with E-state index < -0.39 is 23.0 Å². The molecule has 0 saturated heterocycles. The van der Waals surface area contributed by atoms with Gasteiger partial charge in [-0.3, -0.25) is 9.59 Å². The van der Waals surface area contributed by atoms with Crippen LogP contribution in [0.2, 0.25) is 0 Å². The molecule has 0 aliphatic carbocycles. The lowest BCUT2D eigenvalue weighted by Crippen LogP contribution is -2.30. The van der Waals surface area contributed by atoms with Crippen molar-refractivity contribution in [3.63, 3.8) is 0 Å². The van der Waals surface area contributed by atoms with E-state index in [1.165, 1.54) is 13.8 Å². The van der Waals surface area contributed by atoms with Crippen LogP contribution in [0.5, 0.6) is 0 Å². The molecule has 0 aromatic heterocycles. The lowest BCUT2D eigenvalue weighted by atomic mass is 9.93. The lowest BCUT2D eigenvalue weighted by molar-refractivity contribution is -0.162. The van der Waals surface area contributed by atoms with Crippen molar-refractivity contribution in [2.24, 2.45) is 11.8 Å².